The highest BCUT2D eigenvalue weighted by Gasteiger charge is 2.10. The molecule has 1 heterocycles. The third-order valence-corrected chi connectivity index (χ3v) is 2.01. The molecule has 0 aromatic carbocycles. The monoisotopic (exact) mass is 221 g/mol. The number of rotatable bonds is 3. The quantitative estimate of drug-likeness (QED) is 0.801. The summed E-state index contributed by atoms with van der Waals surface area (Å²) in [4.78, 5) is 26.5. The number of carbonyl (C=O) groups is 2. The lowest BCUT2D eigenvalue weighted by Gasteiger charge is -2.08. The van der Waals surface area contributed by atoms with Crippen LogP contribution in [0.15, 0.2) is 12.1 Å². The lowest BCUT2D eigenvalue weighted by molar-refractivity contribution is -0.118. The van der Waals surface area contributed by atoms with Crippen LogP contribution in [0.1, 0.15) is 29.9 Å². The number of hydrogen-bond acceptors (Lipinski definition) is 3. The molecule has 0 atom stereocenters. The fraction of sp³-hybridized carbons (Fsp3) is 0.364. The lowest BCUT2D eigenvalue weighted by atomic mass is 10.2. The summed E-state index contributed by atoms with van der Waals surface area (Å²) in [6.45, 7) is 5.29. The minimum atomic E-state index is -0.537. The molecule has 0 fully saturated rings. The molecule has 0 aliphatic rings. The molecule has 0 unspecified atom stereocenters. The first-order chi connectivity index (χ1) is 7.40. The third kappa shape index (κ3) is 3.05. The third-order valence-electron chi connectivity index (χ3n) is 2.01. The first-order valence-electron chi connectivity index (χ1n) is 4.99. The Morgan fingerprint density at radius 3 is 2.50 bits per heavy atom. The lowest BCUT2D eigenvalue weighted by Crippen LogP contribution is -2.20. The number of hydrogen-bond donors (Lipinski definition) is 2. The van der Waals surface area contributed by atoms with Crippen molar-refractivity contribution >= 4 is 17.6 Å². The van der Waals surface area contributed by atoms with Gasteiger partial charge in [0.25, 0.3) is 0 Å². The van der Waals surface area contributed by atoms with Gasteiger partial charge < -0.3 is 11.1 Å². The SMILES string of the molecule is Cc1cc(C(N)=O)cc(NC(=O)C(C)C)n1. The van der Waals surface area contributed by atoms with E-state index in [1.54, 1.807) is 26.8 Å². The molecule has 1 rings (SSSR count). The predicted octanol–water partition coefficient (Wildman–Crippen LogP) is 1.08. The number of nitrogens with two attached hydrogens (primary N) is 1. The average Bonchev–Trinajstić information content (AvgIpc) is 2.16. The minimum Gasteiger partial charge on any atom is -0.366 e. The highest BCUT2D eigenvalue weighted by Crippen LogP contribution is 2.10. The summed E-state index contributed by atoms with van der Waals surface area (Å²) in [6, 6.07) is 3.04. The van der Waals surface area contributed by atoms with Crippen molar-refractivity contribution in [1.82, 2.24) is 4.98 Å². The van der Waals surface area contributed by atoms with Crippen molar-refractivity contribution in [3.63, 3.8) is 0 Å². The van der Waals surface area contributed by atoms with Crippen LogP contribution in [-0.4, -0.2) is 16.8 Å². The van der Waals surface area contributed by atoms with Crippen LogP contribution in [0.2, 0.25) is 0 Å². The molecule has 1 aromatic rings. The smallest absolute Gasteiger partial charge is 0.248 e. The zero-order valence-electron chi connectivity index (χ0n) is 9.57. The first kappa shape index (κ1) is 12.2. The van der Waals surface area contributed by atoms with Gasteiger partial charge in [0.1, 0.15) is 5.82 Å². The van der Waals surface area contributed by atoms with Gasteiger partial charge in [-0.15, -0.1) is 0 Å². The van der Waals surface area contributed by atoms with Gasteiger partial charge in [0.2, 0.25) is 11.8 Å². The Kier molecular flexibility index (Phi) is 3.60. The van der Waals surface area contributed by atoms with Crippen LogP contribution in [0.4, 0.5) is 5.82 Å². The van der Waals surface area contributed by atoms with Gasteiger partial charge in [-0.2, -0.15) is 0 Å². The fourth-order valence-electron chi connectivity index (χ4n) is 1.15. The molecule has 0 radical (unpaired) electrons. The van der Waals surface area contributed by atoms with Crippen LogP contribution >= 0.6 is 0 Å². The standard InChI is InChI=1S/C11H15N3O2/c1-6(2)11(16)14-9-5-8(10(12)15)4-7(3)13-9/h4-6H,1-3H3,(H2,12,15)(H,13,14,16). The Labute approximate surface area is 94.1 Å². The number of pyridine rings is 1. The first-order valence-corrected chi connectivity index (χ1v) is 4.99. The van der Waals surface area contributed by atoms with Gasteiger partial charge in [0, 0.05) is 17.2 Å². The van der Waals surface area contributed by atoms with Crippen molar-refractivity contribution in [3.8, 4) is 0 Å². The van der Waals surface area contributed by atoms with E-state index in [2.05, 4.69) is 10.3 Å². The number of anilines is 1. The molecule has 0 spiro atoms. The van der Waals surface area contributed by atoms with Crippen LogP contribution in [-0.2, 0) is 4.79 Å². The number of nitrogens with zero attached hydrogens (tertiary/aromatic N) is 1. The van der Waals surface area contributed by atoms with Gasteiger partial charge >= 0.3 is 0 Å². The number of amides is 2. The summed E-state index contributed by atoms with van der Waals surface area (Å²) in [5.74, 6) is -0.467. The van der Waals surface area contributed by atoms with E-state index in [0.29, 0.717) is 17.1 Å². The average molecular weight is 221 g/mol. The molecule has 5 nitrogen and oxygen atoms in total. The van der Waals surface area contributed by atoms with Gasteiger partial charge in [-0.05, 0) is 19.1 Å². The number of aromatic nitrogens is 1. The van der Waals surface area contributed by atoms with E-state index in [-0.39, 0.29) is 11.8 Å². The molecule has 86 valence electrons. The summed E-state index contributed by atoms with van der Waals surface area (Å²) in [7, 11) is 0. The molecule has 16 heavy (non-hydrogen) atoms. The normalized spacial score (nSPS) is 10.2. The van der Waals surface area contributed by atoms with Gasteiger partial charge in [-0.1, -0.05) is 13.8 Å². The maximum absolute atomic E-state index is 11.4. The number of nitrogens with one attached hydrogen (secondary N) is 1. The van der Waals surface area contributed by atoms with Crippen molar-refractivity contribution in [2.45, 2.75) is 20.8 Å². The fourth-order valence-corrected chi connectivity index (χ4v) is 1.15. The molecule has 0 saturated carbocycles. The second kappa shape index (κ2) is 4.74. The van der Waals surface area contributed by atoms with E-state index in [4.69, 9.17) is 5.73 Å². The highest BCUT2D eigenvalue weighted by molar-refractivity contribution is 5.96. The van der Waals surface area contributed by atoms with Crippen LogP contribution in [0.3, 0.4) is 0 Å². The van der Waals surface area contributed by atoms with E-state index in [0.717, 1.165) is 0 Å². The maximum atomic E-state index is 11.4. The summed E-state index contributed by atoms with van der Waals surface area (Å²) in [6.07, 6.45) is 0. The van der Waals surface area contributed by atoms with E-state index < -0.39 is 5.91 Å². The van der Waals surface area contributed by atoms with Gasteiger partial charge in [-0.25, -0.2) is 4.98 Å². The molecule has 0 aliphatic carbocycles. The van der Waals surface area contributed by atoms with Crippen molar-refractivity contribution in [2.75, 3.05) is 5.32 Å². The van der Waals surface area contributed by atoms with Crippen LogP contribution in [0.25, 0.3) is 0 Å². The van der Waals surface area contributed by atoms with Gasteiger partial charge in [0.05, 0.1) is 0 Å². The van der Waals surface area contributed by atoms with Gasteiger partial charge in [0.15, 0.2) is 0 Å². The summed E-state index contributed by atoms with van der Waals surface area (Å²) >= 11 is 0. The molecule has 0 saturated heterocycles. The van der Waals surface area contributed by atoms with Crippen molar-refractivity contribution in [1.29, 1.82) is 0 Å². The summed E-state index contributed by atoms with van der Waals surface area (Å²) in [5.41, 5.74) is 6.14. The van der Waals surface area contributed by atoms with Gasteiger partial charge in [-0.3, -0.25) is 9.59 Å². The number of carbonyl (C=O) groups excluding carboxylic acids is 2. The Morgan fingerprint density at radius 2 is 2.00 bits per heavy atom. The molecule has 3 N–H and O–H groups in total. The van der Waals surface area contributed by atoms with Crippen LogP contribution < -0.4 is 11.1 Å². The Hall–Kier alpha value is -1.91. The summed E-state index contributed by atoms with van der Waals surface area (Å²) < 4.78 is 0. The van der Waals surface area contributed by atoms with Crippen molar-refractivity contribution in [3.05, 3.63) is 23.4 Å². The van der Waals surface area contributed by atoms with E-state index in [1.165, 1.54) is 6.07 Å². The highest BCUT2D eigenvalue weighted by atomic mass is 16.2. The number of aryl methyl sites for hydroxylation is 1. The van der Waals surface area contributed by atoms with E-state index >= 15 is 0 Å². The van der Waals surface area contributed by atoms with E-state index in [1.807, 2.05) is 0 Å². The number of primary amides is 1. The largest absolute Gasteiger partial charge is 0.366 e. The molecule has 0 bridgehead atoms. The Morgan fingerprint density at radius 1 is 1.38 bits per heavy atom. The second-order valence-electron chi connectivity index (χ2n) is 3.89. The molecule has 1 aromatic heterocycles. The topological polar surface area (TPSA) is 85.1 Å². The molecule has 5 heteroatoms. The van der Waals surface area contributed by atoms with Crippen molar-refractivity contribution in [2.24, 2.45) is 11.7 Å². The Balaban J connectivity index is 2.97. The predicted molar refractivity (Wildman–Crippen MR) is 61.0 cm³/mol. The maximum Gasteiger partial charge on any atom is 0.248 e. The molecular formula is C11H15N3O2. The molecular weight excluding hydrogens is 206 g/mol. The van der Waals surface area contributed by atoms with Crippen LogP contribution in [0, 0.1) is 12.8 Å². The molecule has 0 aliphatic heterocycles. The van der Waals surface area contributed by atoms with Crippen LogP contribution in [0.5, 0.6) is 0 Å². The zero-order chi connectivity index (χ0) is 12.3. The zero-order valence-corrected chi connectivity index (χ0v) is 9.57. The van der Waals surface area contributed by atoms with Crippen molar-refractivity contribution < 1.29 is 9.59 Å². The Bertz CT molecular complexity index is 427. The van der Waals surface area contributed by atoms with E-state index in [9.17, 15) is 9.59 Å². The molecule has 2 amide bonds. The second-order valence-corrected chi connectivity index (χ2v) is 3.89. The minimum absolute atomic E-state index is 0.139. The summed E-state index contributed by atoms with van der Waals surface area (Å²) in [5, 5.41) is 2.62.